The number of aromatic nitrogens is 1. The maximum atomic E-state index is 13.3. The molecule has 7 nitrogen and oxygen atoms in total. The molecular weight excluding hydrogens is 626 g/mol. The summed E-state index contributed by atoms with van der Waals surface area (Å²) in [5.74, 6) is -0.0196. The maximum absolute atomic E-state index is 13.3. The minimum absolute atomic E-state index is 0.289. The lowest BCUT2D eigenvalue weighted by Gasteiger charge is -2.09. The van der Waals surface area contributed by atoms with Gasteiger partial charge in [-0.1, -0.05) is 62.2 Å². The van der Waals surface area contributed by atoms with Gasteiger partial charge in [-0.15, -0.1) is 0 Å². The molecule has 0 fully saturated rings. The number of benzene rings is 4. The van der Waals surface area contributed by atoms with Gasteiger partial charge < -0.3 is 14.5 Å². The molecule has 5 rings (SSSR count). The van der Waals surface area contributed by atoms with Gasteiger partial charge in [-0.05, 0) is 66.2 Å². The number of hydrogen-bond acceptors (Lipinski definition) is 5. The van der Waals surface area contributed by atoms with Crippen LogP contribution in [-0.4, -0.2) is 30.2 Å². The van der Waals surface area contributed by atoms with Crippen LogP contribution in [0.1, 0.15) is 26.4 Å². The van der Waals surface area contributed by atoms with Crippen LogP contribution in [0.25, 0.3) is 22.0 Å². The predicted molar refractivity (Wildman–Crippen MR) is 159 cm³/mol. The number of amides is 1. The van der Waals surface area contributed by atoms with Crippen molar-refractivity contribution in [2.45, 2.75) is 0 Å². The van der Waals surface area contributed by atoms with Gasteiger partial charge in [0.1, 0.15) is 17.2 Å². The van der Waals surface area contributed by atoms with E-state index in [4.69, 9.17) is 9.47 Å². The van der Waals surface area contributed by atoms with Crippen LogP contribution in [0.3, 0.4) is 0 Å². The molecule has 1 heterocycles. The fourth-order valence-electron chi connectivity index (χ4n) is 4.05. The van der Waals surface area contributed by atoms with Crippen molar-refractivity contribution in [1.29, 1.82) is 0 Å². The molecule has 0 saturated heterocycles. The molecule has 0 aliphatic rings. The van der Waals surface area contributed by atoms with Gasteiger partial charge in [-0.25, -0.2) is 10.2 Å². The number of carbonyl (C=O) groups excluding carboxylic acids is 2. The summed E-state index contributed by atoms with van der Waals surface area (Å²) in [6, 6.07) is 27.2. The number of carbonyl (C=O) groups is 2. The first-order valence-corrected chi connectivity index (χ1v) is 13.4. The molecule has 0 atom stereocenters. The van der Waals surface area contributed by atoms with E-state index in [1.807, 2.05) is 48.5 Å². The van der Waals surface area contributed by atoms with Crippen molar-refractivity contribution in [3.63, 3.8) is 0 Å². The molecule has 0 aliphatic carbocycles. The van der Waals surface area contributed by atoms with Crippen LogP contribution in [-0.2, 0) is 0 Å². The second-order valence-electron chi connectivity index (χ2n) is 8.43. The van der Waals surface area contributed by atoms with Crippen molar-refractivity contribution in [3.8, 4) is 22.6 Å². The van der Waals surface area contributed by atoms with E-state index in [0.29, 0.717) is 22.6 Å². The fraction of sp³-hybridized carbons (Fsp3) is 0.0333. The standard InChI is InChI=1S/C30H21Br2N3O4/c1-38-23-11-7-19(8-12-23)30(37)39-26-14-10-21(31)15-20(26)17-33-35-29(36)28-27(18-5-3-2-4-6-18)24-16-22(32)9-13-25(24)34-28/h2-17,34H,1H3,(H,35,36). The van der Waals surface area contributed by atoms with E-state index in [-0.39, 0.29) is 5.75 Å². The number of halogens is 2. The summed E-state index contributed by atoms with van der Waals surface area (Å²) in [6.07, 6.45) is 1.43. The smallest absolute Gasteiger partial charge is 0.343 e. The monoisotopic (exact) mass is 645 g/mol. The Balaban J connectivity index is 1.39. The van der Waals surface area contributed by atoms with Gasteiger partial charge in [-0.2, -0.15) is 5.10 Å². The molecule has 0 unspecified atom stereocenters. The minimum Gasteiger partial charge on any atom is -0.497 e. The third-order valence-electron chi connectivity index (χ3n) is 5.92. The van der Waals surface area contributed by atoms with Gasteiger partial charge in [0, 0.05) is 31.0 Å². The van der Waals surface area contributed by atoms with Crippen LogP contribution < -0.4 is 14.9 Å². The first kappa shape index (κ1) is 26.4. The summed E-state index contributed by atoms with van der Waals surface area (Å²) in [7, 11) is 1.55. The quantitative estimate of drug-likeness (QED) is 0.0837. The average Bonchev–Trinajstić information content (AvgIpc) is 3.33. The average molecular weight is 647 g/mol. The number of nitrogens with one attached hydrogen (secondary N) is 2. The van der Waals surface area contributed by atoms with Crippen LogP contribution in [0, 0.1) is 0 Å². The third kappa shape index (κ3) is 5.94. The number of aromatic amines is 1. The first-order valence-electron chi connectivity index (χ1n) is 11.8. The second kappa shape index (κ2) is 11.7. The normalized spacial score (nSPS) is 11.1. The number of ether oxygens (including phenoxy) is 2. The van der Waals surface area contributed by atoms with E-state index in [0.717, 1.165) is 31.0 Å². The Kier molecular flexibility index (Phi) is 7.90. The van der Waals surface area contributed by atoms with Crippen LogP contribution >= 0.6 is 31.9 Å². The maximum Gasteiger partial charge on any atom is 0.343 e. The molecular formula is C30H21Br2N3O4. The molecule has 0 bridgehead atoms. The fourth-order valence-corrected chi connectivity index (χ4v) is 4.79. The summed E-state index contributed by atoms with van der Waals surface area (Å²) < 4.78 is 12.4. The topological polar surface area (TPSA) is 92.8 Å². The van der Waals surface area contributed by atoms with Gasteiger partial charge in [0.15, 0.2) is 0 Å². The second-order valence-corrected chi connectivity index (χ2v) is 10.3. The van der Waals surface area contributed by atoms with Gasteiger partial charge >= 0.3 is 5.97 Å². The van der Waals surface area contributed by atoms with Crippen molar-refractivity contribution < 1.29 is 19.1 Å². The molecule has 9 heteroatoms. The highest BCUT2D eigenvalue weighted by molar-refractivity contribution is 9.10. The Morgan fingerprint density at radius 2 is 1.62 bits per heavy atom. The lowest BCUT2D eigenvalue weighted by molar-refractivity contribution is 0.0734. The summed E-state index contributed by atoms with van der Waals surface area (Å²) in [4.78, 5) is 29.2. The molecule has 4 aromatic carbocycles. The van der Waals surface area contributed by atoms with Crippen molar-refractivity contribution >= 4 is 60.9 Å². The van der Waals surface area contributed by atoms with Gasteiger partial charge in [-0.3, -0.25) is 4.79 Å². The van der Waals surface area contributed by atoms with Gasteiger partial charge in [0.25, 0.3) is 5.91 Å². The zero-order valence-electron chi connectivity index (χ0n) is 20.6. The van der Waals surface area contributed by atoms with Crippen molar-refractivity contribution in [1.82, 2.24) is 10.4 Å². The SMILES string of the molecule is COc1ccc(C(=O)Oc2ccc(Br)cc2C=NNC(=O)c2[nH]c3ccc(Br)cc3c2-c2ccccc2)cc1. The number of H-pyrrole nitrogens is 1. The molecule has 1 aromatic heterocycles. The summed E-state index contributed by atoms with van der Waals surface area (Å²) in [5, 5.41) is 5.07. The Morgan fingerprint density at radius 1 is 0.897 bits per heavy atom. The first-order chi connectivity index (χ1) is 18.9. The largest absolute Gasteiger partial charge is 0.497 e. The van der Waals surface area contributed by atoms with Crippen LogP contribution in [0.5, 0.6) is 11.5 Å². The van der Waals surface area contributed by atoms with Crippen molar-refractivity contribution in [3.05, 3.63) is 117 Å². The van der Waals surface area contributed by atoms with Crippen LogP contribution in [0.2, 0.25) is 0 Å². The molecule has 0 saturated carbocycles. The molecule has 2 N–H and O–H groups in total. The Bertz CT molecular complexity index is 1700. The zero-order chi connectivity index (χ0) is 27.4. The van der Waals surface area contributed by atoms with E-state index in [1.165, 1.54) is 6.21 Å². The zero-order valence-corrected chi connectivity index (χ0v) is 23.7. The number of methoxy groups -OCH3 is 1. The van der Waals surface area contributed by atoms with Crippen molar-refractivity contribution in [2.24, 2.45) is 5.10 Å². The van der Waals surface area contributed by atoms with E-state index < -0.39 is 11.9 Å². The Morgan fingerprint density at radius 3 is 2.36 bits per heavy atom. The molecule has 1 amide bonds. The minimum atomic E-state index is -0.532. The summed E-state index contributed by atoms with van der Waals surface area (Å²) >= 11 is 6.95. The Labute approximate surface area is 241 Å². The number of esters is 1. The lowest BCUT2D eigenvalue weighted by atomic mass is 10.0. The van der Waals surface area contributed by atoms with Crippen molar-refractivity contribution in [2.75, 3.05) is 7.11 Å². The number of hydrazone groups is 1. The van der Waals surface area contributed by atoms with Crippen LogP contribution in [0.4, 0.5) is 0 Å². The lowest BCUT2D eigenvalue weighted by Crippen LogP contribution is -2.19. The Hall–Kier alpha value is -4.21. The summed E-state index contributed by atoms with van der Waals surface area (Å²) in [5.41, 5.74) is 6.34. The molecule has 0 aliphatic heterocycles. The predicted octanol–water partition coefficient (Wildman–Crippen LogP) is 7.35. The van der Waals surface area contributed by atoms with Crippen LogP contribution in [0.15, 0.2) is 105 Å². The molecule has 0 spiro atoms. The number of hydrogen-bond donors (Lipinski definition) is 2. The van der Waals surface area contributed by atoms with E-state index in [9.17, 15) is 9.59 Å². The summed E-state index contributed by atoms with van der Waals surface area (Å²) in [6.45, 7) is 0. The van der Waals surface area contributed by atoms with E-state index in [2.05, 4.69) is 47.4 Å². The van der Waals surface area contributed by atoms with E-state index >= 15 is 0 Å². The third-order valence-corrected chi connectivity index (χ3v) is 6.91. The van der Waals surface area contributed by atoms with Gasteiger partial charge in [0.05, 0.1) is 18.9 Å². The molecule has 5 aromatic rings. The highest BCUT2D eigenvalue weighted by Gasteiger charge is 2.19. The number of fused-ring (bicyclic) bond motifs is 1. The molecule has 194 valence electrons. The number of nitrogens with zero attached hydrogens (tertiary/aromatic N) is 1. The highest BCUT2D eigenvalue weighted by atomic mass is 79.9. The van der Waals surface area contributed by atoms with E-state index in [1.54, 1.807) is 49.6 Å². The number of rotatable bonds is 7. The molecule has 0 radical (unpaired) electrons. The molecule has 39 heavy (non-hydrogen) atoms. The van der Waals surface area contributed by atoms with Gasteiger partial charge in [0.2, 0.25) is 0 Å². The highest BCUT2D eigenvalue weighted by Crippen LogP contribution is 2.34.